The summed E-state index contributed by atoms with van der Waals surface area (Å²) in [6, 6.07) is 8.56. The van der Waals surface area contributed by atoms with Gasteiger partial charge in [0.05, 0.1) is 32.1 Å². The lowest BCUT2D eigenvalue weighted by Crippen LogP contribution is -2.51. The molecule has 28 heavy (non-hydrogen) atoms. The van der Waals surface area contributed by atoms with Crippen LogP contribution >= 0.6 is 0 Å². The summed E-state index contributed by atoms with van der Waals surface area (Å²) in [7, 11) is 3.54. The normalized spacial score (nSPS) is 22.9. The predicted octanol–water partition coefficient (Wildman–Crippen LogP) is 2.02. The van der Waals surface area contributed by atoms with Gasteiger partial charge in [-0.05, 0) is 37.8 Å². The third kappa shape index (κ3) is 6.01. The number of guanidine groups is 1. The van der Waals surface area contributed by atoms with Gasteiger partial charge in [0, 0.05) is 39.3 Å². The summed E-state index contributed by atoms with van der Waals surface area (Å²) in [5.74, 6) is 1.75. The zero-order valence-electron chi connectivity index (χ0n) is 17.2. The molecule has 2 N–H and O–H groups in total. The van der Waals surface area contributed by atoms with Gasteiger partial charge in [-0.15, -0.1) is 0 Å². The Bertz CT molecular complexity index is 619. The van der Waals surface area contributed by atoms with Gasteiger partial charge < -0.3 is 29.7 Å². The van der Waals surface area contributed by atoms with Crippen LogP contribution in [0.3, 0.4) is 0 Å². The summed E-state index contributed by atoms with van der Waals surface area (Å²) in [6.45, 7) is 4.91. The van der Waals surface area contributed by atoms with E-state index in [1.807, 2.05) is 19.2 Å². The molecule has 2 atom stereocenters. The Morgan fingerprint density at radius 2 is 2.18 bits per heavy atom. The quantitative estimate of drug-likeness (QED) is 0.402. The van der Waals surface area contributed by atoms with Crippen molar-refractivity contribution < 1.29 is 14.2 Å². The Morgan fingerprint density at radius 3 is 2.96 bits per heavy atom. The highest BCUT2D eigenvalue weighted by molar-refractivity contribution is 5.80. The fourth-order valence-corrected chi connectivity index (χ4v) is 3.82. The minimum Gasteiger partial charge on any atom is -0.495 e. The Hall–Kier alpha value is -1.99. The standard InChI is InChI=1S/C21H34N4O3/c1-22-21(23-11-14-27-16-18-8-6-13-28-18)24-17-7-5-12-25(15-17)19-9-3-4-10-20(19)26-2/h3-4,9-10,17-18H,5-8,11-16H2,1-2H3,(H2,22,23,24). The van der Waals surface area contributed by atoms with Crippen molar-refractivity contribution in [3.63, 3.8) is 0 Å². The lowest BCUT2D eigenvalue weighted by Gasteiger charge is -2.36. The number of ether oxygens (including phenoxy) is 3. The summed E-state index contributed by atoms with van der Waals surface area (Å²) in [4.78, 5) is 6.75. The maximum Gasteiger partial charge on any atom is 0.191 e. The van der Waals surface area contributed by atoms with E-state index in [0.29, 0.717) is 19.3 Å². The fraction of sp³-hybridized carbons (Fsp3) is 0.667. The van der Waals surface area contributed by atoms with Crippen LogP contribution in [0.15, 0.2) is 29.3 Å². The van der Waals surface area contributed by atoms with Gasteiger partial charge in [0.25, 0.3) is 0 Å². The molecule has 0 amide bonds. The molecule has 0 aliphatic carbocycles. The van der Waals surface area contributed by atoms with Crippen LogP contribution < -0.4 is 20.3 Å². The summed E-state index contributed by atoms with van der Waals surface area (Å²) in [5, 5.41) is 6.90. The molecule has 0 spiro atoms. The van der Waals surface area contributed by atoms with Crippen LogP contribution in [-0.2, 0) is 9.47 Å². The number of piperidine rings is 1. The summed E-state index contributed by atoms with van der Waals surface area (Å²) >= 11 is 0. The van der Waals surface area contributed by atoms with Crippen molar-refractivity contribution >= 4 is 11.6 Å². The van der Waals surface area contributed by atoms with Crippen LogP contribution in [0.2, 0.25) is 0 Å². The number of anilines is 1. The first-order valence-corrected chi connectivity index (χ1v) is 10.3. The molecule has 1 aromatic carbocycles. The van der Waals surface area contributed by atoms with Crippen molar-refractivity contribution in [3.8, 4) is 5.75 Å². The number of rotatable bonds is 8. The number of hydrogen-bond acceptors (Lipinski definition) is 5. The predicted molar refractivity (Wildman–Crippen MR) is 113 cm³/mol. The van der Waals surface area contributed by atoms with E-state index < -0.39 is 0 Å². The second-order valence-corrected chi connectivity index (χ2v) is 7.31. The molecule has 2 heterocycles. The number of nitrogens with zero attached hydrogens (tertiary/aromatic N) is 2. The van der Waals surface area contributed by atoms with Gasteiger partial charge in [0.1, 0.15) is 5.75 Å². The Kier molecular flexibility index (Phi) is 8.23. The first kappa shape index (κ1) is 20.7. The van der Waals surface area contributed by atoms with E-state index >= 15 is 0 Å². The zero-order chi connectivity index (χ0) is 19.6. The van der Waals surface area contributed by atoms with Crippen molar-refractivity contribution in [3.05, 3.63) is 24.3 Å². The van der Waals surface area contributed by atoms with E-state index in [4.69, 9.17) is 14.2 Å². The van der Waals surface area contributed by atoms with Gasteiger partial charge in [-0.2, -0.15) is 0 Å². The number of para-hydroxylation sites is 2. The second kappa shape index (κ2) is 11.1. The van der Waals surface area contributed by atoms with Gasteiger partial charge in [-0.1, -0.05) is 12.1 Å². The van der Waals surface area contributed by atoms with Gasteiger partial charge in [0.2, 0.25) is 0 Å². The molecular formula is C21H34N4O3. The lowest BCUT2D eigenvalue weighted by atomic mass is 10.0. The number of aliphatic imine (C=N–C) groups is 1. The Labute approximate surface area is 168 Å². The molecule has 0 bridgehead atoms. The van der Waals surface area contributed by atoms with Crippen molar-refractivity contribution in [1.82, 2.24) is 10.6 Å². The van der Waals surface area contributed by atoms with E-state index in [1.165, 1.54) is 0 Å². The first-order valence-electron chi connectivity index (χ1n) is 10.3. The van der Waals surface area contributed by atoms with Gasteiger partial charge in [-0.25, -0.2) is 0 Å². The van der Waals surface area contributed by atoms with Gasteiger partial charge in [0.15, 0.2) is 5.96 Å². The molecule has 2 unspecified atom stereocenters. The topological polar surface area (TPSA) is 67.4 Å². The lowest BCUT2D eigenvalue weighted by molar-refractivity contribution is 0.0191. The maximum absolute atomic E-state index is 5.71. The number of methoxy groups -OCH3 is 1. The van der Waals surface area contributed by atoms with Crippen LogP contribution in [0.5, 0.6) is 5.75 Å². The monoisotopic (exact) mass is 390 g/mol. The molecule has 156 valence electrons. The van der Waals surface area contributed by atoms with E-state index in [0.717, 1.165) is 69.3 Å². The third-order valence-electron chi connectivity index (χ3n) is 5.28. The molecule has 3 rings (SSSR count). The number of nitrogens with one attached hydrogen (secondary N) is 2. The number of hydrogen-bond donors (Lipinski definition) is 2. The van der Waals surface area contributed by atoms with E-state index in [2.05, 4.69) is 32.7 Å². The summed E-state index contributed by atoms with van der Waals surface area (Å²) in [5.41, 5.74) is 1.15. The third-order valence-corrected chi connectivity index (χ3v) is 5.28. The molecule has 2 aliphatic heterocycles. The van der Waals surface area contributed by atoms with Crippen LogP contribution in [0, 0.1) is 0 Å². The SMILES string of the molecule is CN=C(NCCOCC1CCCO1)NC1CCCN(c2ccccc2OC)C1. The summed E-state index contributed by atoms with van der Waals surface area (Å²) < 4.78 is 16.8. The van der Waals surface area contributed by atoms with E-state index in [1.54, 1.807) is 7.11 Å². The van der Waals surface area contributed by atoms with Crippen molar-refractivity contribution in [1.29, 1.82) is 0 Å². The van der Waals surface area contributed by atoms with Crippen molar-refractivity contribution in [2.24, 2.45) is 4.99 Å². The van der Waals surface area contributed by atoms with Crippen LogP contribution in [0.1, 0.15) is 25.7 Å². The average molecular weight is 391 g/mol. The molecule has 0 aromatic heterocycles. The smallest absolute Gasteiger partial charge is 0.191 e. The highest BCUT2D eigenvalue weighted by Gasteiger charge is 2.22. The Balaban J connectivity index is 1.41. The molecule has 0 radical (unpaired) electrons. The first-order chi connectivity index (χ1) is 13.8. The minimum absolute atomic E-state index is 0.278. The molecular weight excluding hydrogens is 356 g/mol. The largest absolute Gasteiger partial charge is 0.495 e. The molecule has 1 aromatic rings. The molecule has 7 nitrogen and oxygen atoms in total. The van der Waals surface area contributed by atoms with Gasteiger partial charge in [-0.3, -0.25) is 4.99 Å². The van der Waals surface area contributed by atoms with E-state index in [9.17, 15) is 0 Å². The molecule has 2 fully saturated rings. The zero-order valence-corrected chi connectivity index (χ0v) is 17.2. The van der Waals surface area contributed by atoms with Crippen LogP contribution in [-0.4, -0.2) is 71.7 Å². The average Bonchev–Trinajstić information content (AvgIpc) is 3.26. The highest BCUT2D eigenvalue weighted by atomic mass is 16.5. The maximum atomic E-state index is 5.71. The van der Waals surface area contributed by atoms with Gasteiger partial charge >= 0.3 is 0 Å². The van der Waals surface area contributed by atoms with Crippen molar-refractivity contribution in [2.75, 3.05) is 58.5 Å². The molecule has 2 saturated heterocycles. The number of benzene rings is 1. The fourth-order valence-electron chi connectivity index (χ4n) is 3.82. The minimum atomic E-state index is 0.278. The summed E-state index contributed by atoms with van der Waals surface area (Å²) in [6.07, 6.45) is 4.80. The molecule has 0 saturated carbocycles. The van der Waals surface area contributed by atoms with Crippen LogP contribution in [0.25, 0.3) is 0 Å². The molecule has 2 aliphatic rings. The highest BCUT2D eigenvalue weighted by Crippen LogP contribution is 2.29. The molecule has 7 heteroatoms. The van der Waals surface area contributed by atoms with Crippen LogP contribution in [0.4, 0.5) is 5.69 Å². The van der Waals surface area contributed by atoms with E-state index in [-0.39, 0.29) is 6.10 Å². The van der Waals surface area contributed by atoms with Crippen molar-refractivity contribution in [2.45, 2.75) is 37.8 Å². The Morgan fingerprint density at radius 1 is 1.29 bits per heavy atom. The second-order valence-electron chi connectivity index (χ2n) is 7.31.